The number of rotatable bonds is 9. The number of piperazine rings is 1. The molecule has 0 radical (unpaired) electrons. The molecule has 2 fully saturated rings. The summed E-state index contributed by atoms with van der Waals surface area (Å²) in [5, 5.41) is 0. The molecule has 0 bridgehead atoms. The van der Waals surface area contributed by atoms with Crippen LogP contribution in [0.25, 0.3) is 11.7 Å². The molecule has 0 atom stereocenters. The topological polar surface area (TPSA) is 87.5 Å². The Morgan fingerprint density at radius 3 is 2.58 bits per heavy atom. The van der Waals surface area contributed by atoms with Gasteiger partial charge in [-0.05, 0) is 38.0 Å². The van der Waals surface area contributed by atoms with Gasteiger partial charge in [0.15, 0.2) is 0 Å². The number of aromatic nitrogens is 2. The zero-order valence-corrected chi connectivity index (χ0v) is 23.9. The lowest BCUT2D eigenvalue weighted by molar-refractivity contribution is -0.122. The molecule has 0 unspecified atom stereocenters. The molecule has 2 aliphatic heterocycles. The lowest BCUT2D eigenvalue weighted by atomic mass is 10.1. The van der Waals surface area contributed by atoms with Crippen molar-refractivity contribution in [1.82, 2.24) is 19.2 Å². The molecule has 2 saturated heterocycles. The summed E-state index contributed by atoms with van der Waals surface area (Å²) in [6.45, 7) is 8.66. The van der Waals surface area contributed by atoms with Gasteiger partial charge in [0, 0.05) is 38.9 Å². The van der Waals surface area contributed by atoms with Crippen molar-refractivity contribution in [3.8, 4) is 0 Å². The summed E-state index contributed by atoms with van der Waals surface area (Å²) in [5.41, 5.74) is 1.54. The maximum Gasteiger partial charge on any atom is 0.409 e. The van der Waals surface area contributed by atoms with Crippen LogP contribution in [-0.2, 0) is 9.53 Å². The van der Waals surface area contributed by atoms with E-state index in [1.807, 2.05) is 24.0 Å². The number of carbonyl (C=O) groups excluding carboxylic acids is 2. The highest BCUT2D eigenvalue weighted by molar-refractivity contribution is 8.26. The lowest BCUT2D eigenvalue weighted by Crippen LogP contribution is -2.49. The number of nitrogens with zero attached hydrogens (tertiary/aromatic N) is 5. The molecular weight excluding hydrogens is 522 g/mol. The van der Waals surface area contributed by atoms with Crippen molar-refractivity contribution in [3.63, 3.8) is 0 Å². The molecule has 0 aromatic carbocycles. The molecule has 0 N–H and O–H groups in total. The average Bonchev–Trinajstić information content (AvgIpc) is 3.18. The maximum atomic E-state index is 13.7. The van der Waals surface area contributed by atoms with Crippen LogP contribution in [-0.4, -0.2) is 74.8 Å². The Labute approximate surface area is 232 Å². The van der Waals surface area contributed by atoms with Crippen LogP contribution in [0.2, 0.25) is 0 Å². The monoisotopic (exact) mass is 557 g/mol. The first-order chi connectivity index (χ1) is 18.3. The first-order valence-electron chi connectivity index (χ1n) is 13.3. The first-order valence-corrected chi connectivity index (χ1v) is 14.5. The fraction of sp³-hybridized carbons (Fsp3) is 0.519. The smallest absolute Gasteiger partial charge is 0.409 e. The van der Waals surface area contributed by atoms with Crippen LogP contribution >= 0.6 is 24.0 Å². The number of aryl methyl sites for hydroxylation is 1. The van der Waals surface area contributed by atoms with Crippen molar-refractivity contribution in [1.29, 1.82) is 0 Å². The van der Waals surface area contributed by atoms with Crippen LogP contribution in [0.5, 0.6) is 0 Å². The third kappa shape index (κ3) is 6.04. The average molecular weight is 558 g/mol. The molecular formula is C27H35N5O4S2. The molecule has 11 heteroatoms. The third-order valence-electron chi connectivity index (χ3n) is 6.80. The standard InChI is InChI=1S/C27H35N5O4S2/c1-4-6-7-8-9-12-32-25(34)21(38-27(32)37)18-20-23(28-22-19(3)11-10-13-31(22)24(20)33)29-14-16-30(17-15-29)26(35)36-5-2/h10-11,13,18H,4-9,12,14-17H2,1-3H3. The Morgan fingerprint density at radius 2 is 1.87 bits per heavy atom. The lowest BCUT2D eigenvalue weighted by Gasteiger charge is -2.35. The molecule has 9 nitrogen and oxygen atoms in total. The van der Waals surface area contributed by atoms with Crippen molar-refractivity contribution in [2.24, 2.45) is 0 Å². The van der Waals surface area contributed by atoms with E-state index in [1.54, 1.807) is 29.0 Å². The molecule has 38 heavy (non-hydrogen) atoms. The van der Waals surface area contributed by atoms with Gasteiger partial charge in [-0.25, -0.2) is 9.78 Å². The van der Waals surface area contributed by atoms with Crippen molar-refractivity contribution in [2.75, 3.05) is 44.2 Å². The molecule has 0 spiro atoms. The number of hydrogen-bond donors (Lipinski definition) is 0. The normalized spacial score (nSPS) is 17.2. The second kappa shape index (κ2) is 12.8. The highest BCUT2D eigenvalue weighted by atomic mass is 32.2. The fourth-order valence-corrected chi connectivity index (χ4v) is 5.97. The largest absolute Gasteiger partial charge is 0.450 e. The van der Waals surface area contributed by atoms with Gasteiger partial charge in [-0.3, -0.25) is 18.9 Å². The van der Waals surface area contributed by atoms with Gasteiger partial charge in [-0.2, -0.15) is 0 Å². The number of pyridine rings is 1. The SMILES string of the molecule is CCCCCCCN1C(=O)C(=Cc2c(N3CCN(C(=O)OCC)CC3)nc3c(C)cccn3c2=O)SC1=S. The number of unbranched alkanes of at least 4 members (excludes halogenated alkanes) is 4. The minimum atomic E-state index is -0.340. The quantitative estimate of drug-likeness (QED) is 0.254. The van der Waals surface area contributed by atoms with Crippen LogP contribution in [0.15, 0.2) is 28.0 Å². The predicted octanol–water partition coefficient (Wildman–Crippen LogP) is 4.45. The van der Waals surface area contributed by atoms with E-state index in [1.165, 1.54) is 29.0 Å². The summed E-state index contributed by atoms with van der Waals surface area (Å²) in [6, 6.07) is 3.72. The third-order valence-corrected chi connectivity index (χ3v) is 8.18. The summed E-state index contributed by atoms with van der Waals surface area (Å²) >= 11 is 6.76. The van der Waals surface area contributed by atoms with E-state index in [2.05, 4.69) is 6.92 Å². The van der Waals surface area contributed by atoms with Crippen LogP contribution in [0.3, 0.4) is 0 Å². The number of thioether (sulfide) groups is 1. The van der Waals surface area contributed by atoms with Crippen LogP contribution in [0.4, 0.5) is 10.6 Å². The maximum absolute atomic E-state index is 13.7. The van der Waals surface area contributed by atoms with E-state index in [0.29, 0.717) is 65.6 Å². The molecule has 204 valence electrons. The highest BCUT2D eigenvalue weighted by Crippen LogP contribution is 2.34. The van der Waals surface area contributed by atoms with Crippen LogP contribution in [0.1, 0.15) is 57.1 Å². The Balaban J connectivity index is 1.65. The fourth-order valence-electron chi connectivity index (χ4n) is 4.68. The van der Waals surface area contributed by atoms with E-state index in [9.17, 15) is 14.4 Å². The summed E-state index contributed by atoms with van der Waals surface area (Å²) in [6.07, 6.45) is 8.45. The number of amides is 2. The number of carbonyl (C=O) groups is 2. The highest BCUT2D eigenvalue weighted by Gasteiger charge is 2.33. The molecule has 2 aromatic heterocycles. The first kappa shape index (κ1) is 28.1. The summed E-state index contributed by atoms with van der Waals surface area (Å²) in [5.74, 6) is 0.347. The van der Waals surface area contributed by atoms with Crippen molar-refractivity contribution in [3.05, 3.63) is 44.7 Å². The van der Waals surface area contributed by atoms with Gasteiger partial charge in [0.25, 0.3) is 11.5 Å². The van der Waals surface area contributed by atoms with Gasteiger partial charge >= 0.3 is 6.09 Å². The zero-order valence-electron chi connectivity index (χ0n) is 22.3. The van der Waals surface area contributed by atoms with Crippen molar-refractivity contribution < 1.29 is 14.3 Å². The van der Waals surface area contributed by atoms with Gasteiger partial charge in [-0.15, -0.1) is 0 Å². The minimum Gasteiger partial charge on any atom is -0.450 e. The van der Waals surface area contributed by atoms with Gasteiger partial charge in [0.05, 0.1) is 17.1 Å². The molecule has 2 amide bonds. The van der Waals surface area contributed by atoms with E-state index in [4.69, 9.17) is 21.9 Å². The summed E-state index contributed by atoms with van der Waals surface area (Å²) < 4.78 is 7.18. The Morgan fingerprint density at radius 1 is 1.13 bits per heavy atom. The number of anilines is 1. The zero-order chi connectivity index (χ0) is 27.2. The van der Waals surface area contributed by atoms with Gasteiger partial charge in [-0.1, -0.05) is 62.7 Å². The van der Waals surface area contributed by atoms with E-state index in [0.717, 1.165) is 24.8 Å². The molecule has 4 heterocycles. The van der Waals surface area contributed by atoms with Gasteiger partial charge < -0.3 is 14.5 Å². The van der Waals surface area contributed by atoms with Crippen molar-refractivity contribution >= 4 is 57.8 Å². The molecule has 2 aromatic rings. The van der Waals surface area contributed by atoms with E-state index < -0.39 is 0 Å². The number of fused-ring (bicyclic) bond motifs is 1. The van der Waals surface area contributed by atoms with Crippen LogP contribution < -0.4 is 10.5 Å². The number of ether oxygens (including phenoxy) is 1. The minimum absolute atomic E-state index is 0.165. The predicted molar refractivity (Wildman–Crippen MR) is 156 cm³/mol. The summed E-state index contributed by atoms with van der Waals surface area (Å²) in [7, 11) is 0. The van der Waals surface area contributed by atoms with Crippen molar-refractivity contribution in [2.45, 2.75) is 52.9 Å². The van der Waals surface area contributed by atoms with Gasteiger partial charge in [0.1, 0.15) is 15.8 Å². The number of hydrogen-bond acceptors (Lipinski definition) is 8. The Hall–Kier alpha value is -2.92. The number of thiocarbonyl (C=S) groups is 1. The van der Waals surface area contributed by atoms with E-state index >= 15 is 0 Å². The molecule has 2 aliphatic rings. The molecule has 4 rings (SSSR count). The molecule has 0 aliphatic carbocycles. The van der Waals surface area contributed by atoms with E-state index in [-0.39, 0.29) is 17.6 Å². The second-order valence-corrected chi connectivity index (χ2v) is 11.1. The molecule has 0 saturated carbocycles. The van der Waals surface area contributed by atoms with Gasteiger partial charge in [0.2, 0.25) is 0 Å². The second-order valence-electron chi connectivity index (χ2n) is 9.46. The Bertz CT molecular complexity index is 1300. The Kier molecular flexibility index (Phi) is 9.43. The summed E-state index contributed by atoms with van der Waals surface area (Å²) in [4.78, 5) is 49.8. The van der Waals surface area contributed by atoms with Crippen LogP contribution in [0, 0.1) is 6.92 Å².